The molecule has 206 valence electrons. The Morgan fingerprint density at radius 1 is 1.03 bits per heavy atom. The number of aryl methyl sites for hydroxylation is 1. The molecule has 5 rings (SSSR count). The molecule has 8 nitrogen and oxygen atoms in total. The maximum atomic E-state index is 12.7. The standard InChI is InChI=1S/C27H28ClN5O3S2.ClH/c1-19-8-10-22(11-9-19)38(35,36)31-21-5-2-4-20(18-21)26(34)29-12-13-32-14-16-33(17-15-32)27-30-25-23(28)6-3-7-24(25)37-27;/h2-11,18,31H,12-17H2,1H3,(H,29,34);1H. The van der Waals surface area contributed by atoms with E-state index < -0.39 is 10.0 Å². The molecule has 0 bridgehead atoms. The van der Waals surface area contributed by atoms with Gasteiger partial charge in [-0.15, -0.1) is 12.4 Å². The Balaban J connectivity index is 0.00000353. The number of benzene rings is 3. The summed E-state index contributed by atoms with van der Waals surface area (Å²) in [4.78, 5) is 22.2. The van der Waals surface area contributed by atoms with Crippen LogP contribution < -0.4 is 14.9 Å². The Morgan fingerprint density at radius 2 is 1.74 bits per heavy atom. The monoisotopic (exact) mass is 605 g/mol. The predicted octanol–water partition coefficient (Wildman–Crippen LogP) is 5.03. The van der Waals surface area contributed by atoms with Crippen molar-refractivity contribution in [1.82, 2.24) is 15.2 Å². The van der Waals surface area contributed by atoms with Gasteiger partial charge in [-0.3, -0.25) is 14.4 Å². The van der Waals surface area contributed by atoms with E-state index in [1.807, 2.05) is 25.1 Å². The zero-order valence-corrected chi connectivity index (χ0v) is 24.5. The van der Waals surface area contributed by atoms with Crippen LogP contribution in [0.3, 0.4) is 0 Å². The summed E-state index contributed by atoms with van der Waals surface area (Å²) < 4.78 is 29.0. The van der Waals surface area contributed by atoms with Crippen LogP contribution in [0, 0.1) is 6.92 Å². The van der Waals surface area contributed by atoms with Crippen molar-refractivity contribution >= 4 is 72.3 Å². The number of carbonyl (C=O) groups is 1. The van der Waals surface area contributed by atoms with E-state index in [1.54, 1.807) is 59.9 Å². The van der Waals surface area contributed by atoms with Gasteiger partial charge in [0, 0.05) is 50.5 Å². The lowest BCUT2D eigenvalue weighted by molar-refractivity contribution is 0.0948. The minimum Gasteiger partial charge on any atom is -0.351 e. The van der Waals surface area contributed by atoms with Crippen molar-refractivity contribution < 1.29 is 13.2 Å². The van der Waals surface area contributed by atoms with Crippen LogP contribution in [0.15, 0.2) is 71.6 Å². The van der Waals surface area contributed by atoms with E-state index in [9.17, 15) is 13.2 Å². The van der Waals surface area contributed by atoms with E-state index >= 15 is 0 Å². The second-order valence-corrected chi connectivity index (χ2v) is 12.3. The molecule has 2 heterocycles. The molecular formula is C27H29Cl2N5O3S2. The number of nitrogens with one attached hydrogen (secondary N) is 2. The zero-order valence-electron chi connectivity index (χ0n) is 21.3. The van der Waals surface area contributed by atoms with Gasteiger partial charge in [0.2, 0.25) is 0 Å². The van der Waals surface area contributed by atoms with Gasteiger partial charge < -0.3 is 10.2 Å². The summed E-state index contributed by atoms with van der Waals surface area (Å²) in [5, 5.41) is 4.60. The first kappa shape index (κ1) is 29.1. The Bertz CT molecular complexity index is 1550. The van der Waals surface area contributed by atoms with Crippen molar-refractivity contribution in [2.24, 2.45) is 0 Å². The molecule has 12 heteroatoms. The van der Waals surface area contributed by atoms with Crippen LogP contribution >= 0.6 is 35.3 Å². The van der Waals surface area contributed by atoms with E-state index in [0.717, 1.165) is 53.6 Å². The largest absolute Gasteiger partial charge is 0.351 e. The van der Waals surface area contributed by atoms with Crippen molar-refractivity contribution in [3.8, 4) is 0 Å². The van der Waals surface area contributed by atoms with Crippen LogP contribution in [0.1, 0.15) is 15.9 Å². The fourth-order valence-corrected chi connectivity index (χ4v) is 6.65. The number of thiazole rings is 1. The predicted molar refractivity (Wildman–Crippen MR) is 161 cm³/mol. The van der Waals surface area contributed by atoms with Gasteiger partial charge in [0.05, 0.1) is 14.6 Å². The summed E-state index contributed by atoms with van der Waals surface area (Å²) in [5.74, 6) is -0.244. The molecule has 1 aliphatic rings. The molecule has 0 atom stereocenters. The average molecular weight is 607 g/mol. The van der Waals surface area contributed by atoms with Crippen molar-refractivity contribution in [1.29, 1.82) is 0 Å². The maximum Gasteiger partial charge on any atom is 0.261 e. The molecule has 3 aromatic carbocycles. The third kappa shape index (κ3) is 7.01. The number of aromatic nitrogens is 1. The minimum atomic E-state index is -3.74. The first-order valence-corrected chi connectivity index (χ1v) is 15.0. The quantitative estimate of drug-likeness (QED) is 0.292. The molecule has 4 aromatic rings. The van der Waals surface area contributed by atoms with Gasteiger partial charge in [0.15, 0.2) is 5.13 Å². The van der Waals surface area contributed by atoms with Crippen LogP contribution in [0.25, 0.3) is 10.2 Å². The number of fused-ring (bicyclic) bond motifs is 1. The topological polar surface area (TPSA) is 94.6 Å². The maximum absolute atomic E-state index is 12.7. The molecule has 1 aliphatic heterocycles. The fraction of sp³-hybridized carbons (Fsp3) is 0.259. The summed E-state index contributed by atoms with van der Waals surface area (Å²) >= 11 is 7.93. The highest BCUT2D eigenvalue weighted by molar-refractivity contribution is 7.92. The molecule has 0 spiro atoms. The van der Waals surface area contributed by atoms with E-state index in [1.165, 1.54) is 0 Å². The third-order valence-electron chi connectivity index (χ3n) is 6.42. The lowest BCUT2D eigenvalue weighted by Gasteiger charge is -2.34. The lowest BCUT2D eigenvalue weighted by atomic mass is 10.2. The fourth-order valence-electron chi connectivity index (χ4n) is 4.29. The van der Waals surface area contributed by atoms with Crippen LogP contribution in [0.2, 0.25) is 5.02 Å². The zero-order chi connectivity index (χ0) is 26.7. The van der Waals surface area contributed by atoms with Gasteiger partial charge in [-0.2, -0.15) is 0 Å². The number of halogens is 2. The number of hydrogen-bond acceptors (Lipinski definition) is 7. The highest BCUT2D eigenvalue weighted by atomic mass is 35.5. The summed E-state index contributed by atoms with van der Waals surface area (Å²) in [7, 11) is -3.74. The number of nitrogens with zero attached hydrogens (tertiary/aromatic N) is 3. The smallest absolute Gasteiger partial charge is 0.261 e. The lowest BCUT2D eigenvalue weighted by Crippen LogP contribution is -2.48. The van der Waals surface area contributed by atoms with Gasteiger partial charge in [-0.1, -0.05) is 52.8 Å². The molecule has 0 radical (unpaired) electrons. The average Bonchev–Trinajstić information content (AvgIpc) is 3.35. The molecule has 2 N–H and O–H groups in total. The second kappa shape index (κ2) is 12.5. The number of amides is 1. The molecule has 39 heavy (non-hydrogen) atoms. The summed E-state index contributed by atoms with van der Waals surface area (Å²) in [5.41, 5.74) is 2.56. The highest BCUT2D eigenvalue weighted by Gasteiger charge is 2.20. The summed E-state index contributed by atoms with van der Waals surface area (Å²) in [6, 6.07) is 19.0. The second-order valence-electron chi connectivity index (χ2n) is 9.17. The van der Waals surface area contributed by atoms with Crippen LogP contribution in [0.4, 0.5) is 10.8 Å². The van der Waals surface area contributed by atoms with Gasteiger partial charge in [0.1, 0.15) is 5.52 Å². The molecule has 1 saturated heterocycles. The van der Waals surface area contributed by atoms with Crippen LogP contribution in [0.5, 0.6) is 0 Å². The van der Waals surface area contributed by atoms with Crippen molar-refractivity contribution in [3.05, 3.63) is 82.9 Å². The van der Waals surface area contributed by atoms with Crippen molar-refractivity contribution in [2.75, 3.05) is 48.9 Å². The summed E-state index contributed by atoms with van der Waals surface area (Å²) in [6.45, 7) is 6.57. The molecular weight excluding hydrogens is 577 g/mol. The van der Waals surface area contributed by atoms with Gasteiger partial charge in [-0.25, -0.2) is 13.4 Å². The molecule has 1 aromatic heterocycles. The van der Waals surface area contributed by atoms with E-state index in [2.05, 4.69) is 19.8 Å². The van der Waals surface area contributed by atoms with Gasteiger partial charge in [-0.05, 0) is 49.4 Å². The Kier molecular flexibility index (Phi) is 9.35. The van der Waals surface area contributed by atoms with Crippen LogP contribution in [-0.2, 0) is 10.0 Å². The molecule has 0 unspecified atom stereocenters. The minimum absolute atomic E-state index is 0. The number of para-hydroxylation sites is 1. The number of piperazine rings is 1. The number of carbonyl (C=O) groups excluding carboxylic acids is 1. The Labute approximate surface area is 243 Å². The molecule has 0 aliphatic carbocycles. The first-order valence-electron chi connectivity index (χ1n) is 12.3. The normalized spacial score (nSPS) is 14.2. The van der Waals surface area contributed by atoms with Gasteiger partial charge in [0.25, 0.3) is 15.9 Å². The molecule has 0 saturated carbocycles. The third-order valence-corrected chi connectivity index (χ3v) is 9.21. The van der Waals surface area contributed by atoms with Crippen LogP contribution in [-0.4, -0.2) is 63.5 Å². The highest BCUT2D eigenvalue weighted by Crippen LogP contribution is 2.33. The summed E-state index contributed by atoms with van der Waals surface area (Å²) in [6.07, 6.45) is 0. The molecule has 1 amide bonds. The number of sulfonamides is 1. The molecule has 1 fully saturated rings. The Morgan fingerprint density at radius 3 is 2.46 bits per heavy atom. The van der Waals surface area contributed by atoms with Crippen molar-refractivity contribution in [3.63, 3.8) is 0 Å². The first-order chi connectivity index (χ1) is 18.3. The number of anilines is 2. The Hall–Kier alpha value is -2.89. The van der Waals surface area contributed by atoms with E-state index in [-0.39, 0.29) is 23.2 Å². The SMILES string of the molecule is Cc1ccc(S(=O)(=O)Nc2cccc(C(=O)NCCN3CCN(c4nc5c(Cl)cccc5s4)CC3)c2)cc1.Cl. The van der Waals surface area contributed by atoms with E-state index in [0.29, 0.717) is 22.8 Å². The number of rotatable bonds is 8. The van der Waals surface area contributed by atoms with E-state index in [4.69, 9.17) is 16.6 Å². The van der Waals surface area contributed by atoms with Gasteiger partial charge >= 0.3 is 0 Å². The van der Waals surface area contributed by atoms with Crippen molar-refractivity contribution in [2.45, 2.75) is 11.8 Å². The number of hydrogen-bond donors (Lipinski definition) is 2.